The van der Waals surface area contributed by atoms with Gasteiger partial charge in [-0.2, -0.15) is 0 Å². The monoisotopic (exact) mass is 888 g/mol. The van der Waals surface area contributed by atoms with Crippen molar-refractivity contribution in [3.63, 3.8) is 0 Å². The van der Waals surface area contributed by atoms with Crippen LogP contribution in [0.2, 0.25) is 0 Å². The van der Waals surface area contributed by atoms with Gasteiger partial charge < -0.3 is 14.2 Å². The van der Waals surface area contributed by atoms with E-state index in [1.807, 2.05) is 48.1 Å². The summed E-state index contributed by atoms with van der Waals surface area (Å²) >= 11 is 0. The smallest absolute Gasteiger partial charge is 0.143 e. The zero-order valence-electron chi connectivity index (χ0n) is 29.8. The molecule has 0 bridgehead atoms. The molecule has 6 heteroatoms. The van der Waals surface area contributed by atoms with Gasteiger partial charge in [-0.25, -0.2) is 4.98 Å². The van der Waals surface area contributed by atoms with Gasteiger partial charge in [0.2, 0.25) is 0 Å². The first-order valence-corrected chi connectivity index (χ1v) is 18.0. The van der Waals surface area contributed by atoms with Crippen LogP contribution in [0.3, 0.4) is 0 Å². The second kappa shape index (κ2) is 14.0. The van der Waals surface area contributed by atoms with Crippen LogP contribution >= 0.6 is 0 Å². The van der Waals surface area contributed by atoms with E-state index in [4.69, 9.17) is 9.97 Å². The Bertz CT molecular complexity index is 3020. The van der Waals surface area contributed by atoms with Gasteiger partial charge in [-0.3, -0.25) is 4.98 Å². The number of fused-ring (bicyclic) bond motifs is 4. The zero-order chi connectivity index (χ0) is 36.2. The zero-order valence-corrected chi connectivity index (χ0v) is 32.1. The minimum Gasteiger partial charge on any atom is -0.507 e. The van der Waals surface area contributed by atoms with Crippen molar-refractivity contribution in [3.05, 3.63) is 182 Å². The van der Waals surface area contributed by atoms with E-state index >= 15 is 0 Å². The van der Waals surface area contributed by atoms with Crippen LogP contribution in [0.15, 0.2) is 176 Å². The second-order valence-corrected chi connectivity index (χ2v) is 13.6. The molecule has 0 radical (unpaired) electrons. The SMILES string of the molecule is Cn1c(-c2ccccc2O)nc2c(-c3[c-]c(-c4cc(-c5cccc6c7ccccc7n(-c7ccc(-c8ccccc8)cc7)c56)ccn4)ccc3)cccc21.[Pt]. The van der Waals surface area contributed by atoms with Crippen LogP contribution in [-0.2, 0) is 28.1 Å². The van der Waals surface area contributed by atoms with Crippen molar-refractivity contribution in [2.75, 3.05) is 0 Å². The molecule has 3 aromatic heterocycles. The fourth-order valence-electron chi connectivity index (χ4n) is 7.81. The third-order valence-electron chi connectivity index (χ3n) is 10.4. The molecule has 55 heavy (non-hydrogen) atoms. The summed E-state index contributed by atoms with van der Waals surface area (Å²) in [6.07, 6.45) is 1.89. The van der Waals surface area contributed by atoms with Crippen molar-refractivity contribution >= 4 is 32.8 Å². The van der Waals surface area contributed by atoms with Crippen LogP contribution < -0.4 is 0 Å². The van der Waals surface area contributed by atoms with Gasteiger partial charge in [-0.05, 0) is 59.2 Å². The Labute approximate surface area is 333 Å². The van der Waals surface area contributed by atoms with Gasteiger partial charge >= 0.3 is 0 Å². The Hall–Kier alpha value is -6.55. The topological polar surface area (TPSA) is 55.9 Å². The molecule has 0 atom stereocenters. The quantitative estimate of drug-likeness (QED) is 0.169. The number of nitrogens with zero attached hydrogens (tertiary/aromatic N) is 4. The van der Waals surface area contributed by atoms with Gasteiger partial charge in [-0.15, -0.1) is 29.8 Å². The van der Waals surface area contributed by atoms with Crippen LogP contribution in [0.5, 0.6) is 5.75 Å². The van der Waals surface area contributed by atoms with Crippen LogP contribution in [0.4, 0.5) is 0 Å². The summed E-state index contributed by atoms with van der Waals surface area (Å²) in [6.45, 7) is 0. The average molecular weight is 889 g/mol. The largest absolute Gasteiger partial charge is 0.507 e. The molecular weight excluding hydrogens is 856 g/mol. The number of hydrogen-bond acceptors (Lipinski definition) is 3. The molecule has 10 rings (SSSR count). The maximum absolute atomic E-state index is 10.6. The Kier molecular flexibility index (Phi) is 8.73. The molecular formula is C49H33N4OPt-. The number of aromatic nitrogens is 4. The molecule has 0 saturated carbocycles. The van der Waals surface area contributed by atoms with Crippen molar-refractivity contribution in [1.82, 2.24) is 19.1 Å². The summed E-state index contributed by atoms with van der Waals surface area (Å²) in [6, 6.07) is 62.2. The van der Waals surface area contributed by atoms with Crippen molar-refractivity contribution < 1.29 is 26.2 Å². The number of para-hydroxylation sites is 4. The van der Waals surface area contributed by atoms with Gasteiger partial charge in [0.25, 0.3) is 0 Å². The molecule has 0 fully saturated rings. The fourth-order valence-corrected chi connectivity index (χ4v) is 7.81. The first-order chi connectivity index (χ1) is 26.6. The summed E-state index contributed by atoms with van der Waals surface area (Å²) in [5.41, 5.74) is 14.2. The number of phenolic OH excluding ortho intramolecular Hbond substituents is 1. The Morgan fingerprint density at radius 2 is 1.20 bits per heavy atom. The molecule has 7 aromatic carbocycles. The van der Waals surface area contributed by atoms with Gasteiger partial charge in [-0.1, -0.05) is 120 Å². The number of phenols is 1. The summed E-state index contributed by atoms with van der Waals surface area (Å²) < 4.78 is 4.42. The molecule has 266 valence electrons. The third kappa shape index (κ3) is 5.85. The molecule has 0 aliphatic rings. The standard InChI is InChI=1S/C49H33N4O.Pt/c1-52-45-22-11-18-38(47(45)51-49(52)42-17-6-8-23-46(42)54)34-14-9-15-36(30-34)43-31-35(28-29-50-43)39-19-10-20-41-40-16-5-7-21-44(40)53(48(39)41)37-26-24-33(25-27-37)32-12-3-2-4-13-32;/h2-29,31,54H,1H3;/q-1;. The van der Waals surface area contributed by atoms with Crippen LogP contribution in [0.25, 0.3) is 94.6 Å². The summed E-state index contributed by atoms with van der Waals surface area (Å²) in [4.78, 5) is 9.90. The minimum atomic E-state index is 0. The number of aromatic hydroxyl groups is 1. The molecule has 0 spiro atoms. The van der Waals surface area contributed by atoms with Crippen molar-refractivity contribution in [2.24, 2.45) is 7.05 Å². The molecule has 0 amide bonds. The molecule has 10 aromatic rings. The van der Waals surface area contributed by atoms with Gasteiger partial charge in [0.15, 0.2) is 0 Å². The average Bonchev–Trinajstić information content (AvgIpc) is 3.76. The van der Waals surface area contributed by atoms with E-state index in [1.54, 1.807) is 6.07 Å². The number of rotatable bonds is 6. The molecule has 0 aliphatic carbocycles. The molecule has 3 heterocycles. The third-order valence-corrected chi connectivity index (χ3v) is 10.4. The number of imidazole rings is 1. The van der Waals surface area contributed by atoms with E-state index in [0.717, 1.165) is 61.3 Å². The van der Waals surface area contributed by atoms with E-state index in [1.165, 1.54) is 21.9 Å². The first-order valence-electron chi connectivity index (χ1n) is 18.0. The van der Waals surface area contributed by atoms with Crippen molar-refractivity contribution in [1.29, 1.82) is 0 Å². The summed E-state index contributed by atoms with van der Waals surface area (Å²) in [5.74, 6) is 0.911. The second-order valence-electron chi connectivity index (χ2n) is 13.6. The van der Waals surface area contributed by atoms with Crippen LogP contribution in [-0.4, -0.2) is 24.2 Å². The number of aryl methyl sites for hydroxylation is 1. The van der Waals surface area contributed by atoms with Crippen LogP contribution in [0.1, 0.15) is 0 Å². The molecule has 5 nitrogen and oxygen atoms in total. The predicted molar refractivity (Wildman–Crippen MR) is 221 cm³/mol. The van der Waals surface area contributed by atoms with Crippen molar-refractivity contribution in [3.8, 4) is 67.5 Å². The van der Waals surface area contributed by atoms with E-state index in [0.29, 0.717) is 11.4 Å². The maximum Gasteiger partial charge on any atom is 0.143 e. The fraction of sp³-hybridized carbons (Fsp3) is 0.0204. The van der Waals surface area contributed by atoms with E-state index in [2.05, 4.69) is 144 Å². The van der Waals surface area contributed by atoms with Crippen molar-refractivity contribution in [2.45, 2.75) is 0 Å². The van der Waals surface area contributed by atoms with E-state index < -0.39 is 0 Å². The maximum atomic E-state index is 10.6. The molecule has 0 saturated heterocycles. The van der Waals surface area contributed by atoms with Crippen LogP contribution in [0, 0.1) is 6.07 Å². The Morgan fingerprint density at radius 3 is 2.05 bits per heavy atom. The Morgan fingerprint density at radius 1 is 0.545 bits per heavy atom. The first kappa shape index (κ1) is 34.2. The van der Waals surface area contributed by atoms with Gasteiger partial charge in [0, 0.05) is 62.0 Å². The van der Waals surface area contributed by atoms with E-state index in [9.17, 15) is 5.11 Å². The summed E-state index contributed by atoms with van der Waals surface area (Å²) in [7, 11) is 1.98. The van der Waals surface area contributed by atoms with E-state index in [-0.39, 0.29) is 26.8 Å². The minimum absolute atomic E-state index is 0. The van der Waals surface area contributed by atoms with Gasteiger partial charge in [0.1, 0.15) is 11.6 Å². The Balaban J connectivity index is 0.00000397. The molecule has 1 N–H and O–H groups in total. The molecule has 0 unspecified atom stereocenters. The normalized spacial score (nSPS) is 11.3. The summed E-state index contributed by atoms with van der Waals surface area (Å²) in [5, 5.41) is 13.0. The number of hydrogen-bond donors (Lipinski definition) is 1. The number of benzene rings is 7. The predicted octanol–water partition coefficient (Wildman–Crippen LogP) is 11.9. The molecule has 0 aliphatic heterocycles. The number of pyridine rings is 1. The van der Waals surface area contributed by atoms with Gasteiger partial charge in [0.05, 0.1) is 27.6 Å².